The standard InChI is InChI=1S/C18H31N/c19-7-3-6-17-9-14-8-15(10-17)12-18(11-14,13-17)16-4-1-2-5-16/h14-16H,1-13,19H2. The van der Waals surface area contributed by atoms with Gasteiger partial charge in [-0.05, 0) is 99.3 Å². The maximum absolute atomic E-state index is 5.81. The Morgan fingerprint density at radius 1 is 0.947 bits per heavy atom. The zero-order valence-corrected chi connectivity index (χ0v) is 12.5. The van der Waals surface area contributed by atoms with Gasteiger partial charge in [0.1, 0.15) is 0 Å². The molecule has 5 fully saturated rings. The summed E-state index contributed by atoms with van der Waals surface area (Å²) in [6, 6.07) is 0. The van der Waals surface area contributed by atoms with Crippen LogP contribution < -0.4 is 5.73 Å². The summed E-state index contributed by atoms with van der Waals surface area (Å²) in [7, 11) is 0. The maximum atomic E-state index is 5.81. The molecule has 5 saturated carbocycles. The fourth-order valence-corrected chi connectivity index (χ4v) is 7.31. The van der Waals surface area contributed by atoms with E-state index in [1.807, 2.05) is 0 Å². The molecule has 0 aromatic rings. The number of hydrogen-bond acceptors (Lipinski definition) is 1. The molecular weight excluding hydrogens is 230 g/mol. The molecule has 0 radical (unpaired) electrons. The van der Waals surface area contributed by atoms with Gasteiger partial charge in [0, 0.05) is 0 Å². The topological polar surface area (TPSA) is 26.0 Å². The van der Waals surface area contributed by atoms with Crippen molar-refractivity contribution in [3.05, 3.63) is 0 Å². The molecule has 0 amide bonds. The molecule has 19 heavy (non-hydrogen) atoms. The first-order valence-electron chi connectivity index (χ1n) is 8.94. The van der Waals surface area contributed by atoms with Gasteiger partial charge in [-0.1, -0.05) is 12.8 Å². The predicted octanol–water partition coefficient (Wildman–Crippen LogP) is 4.50. The molecule has 2 N–H and O–H groups in total. The molecule has 5 rings (SSSR count). The Bertz CT molecular complexity index is 328. The first-order chi connectivity index (χ1) is 9.24. The zero-order valence-electron chi connectivity index (χ0n) is 12.5. The van der Waals surface area contributed by atoms with Crippen LogP contribution >= 0.6 is 0 Å². The summed E-state index contributed by atoms with van der Waals surface area (Å²) < 4.78 is 0. The van der Waals surface area contributed by atoms with Crippen LogP contribution in [0.4, 0.5) is 0 Å². The molecule has 108 valence electrons. The van der Waals surface area contributed by atoms with E-state index in [4.69, 9.17) is 5.73 Å². The lowest BCUT2D eigenvalue weighted by Gasteiger charge is -2.64. The predicted molar refractivity (Wildman–Crippen MR) is 79.8 cm³/mol. The molecule has 0 aliphatic heterocycles. The lowest BCUT2D eigenvalue weighted by atomic mass is 9.41. The highest BCUT2D eigenvalue weighted by Gasteiger charge is 2.59. The quantitative estimate of drug-likeness (QED) is 0.792. The van der Waals surface area contributed by atoms with Crippen molar-refractivity contribution in [3.63, 3.8) is 0 Å². The Kier molecular flexibility index (Phi) is 2.99. The van der Waals surface area contributed by atoms with Gasteiger partial charge in [-0.25, -0.2) is 0 Å². The van der Waals surface area contributed by atoms with Gasteiger partial charge in [0.2, 0.25) is 0 Å². The largest absolute Gasteiger partial charge is 0.330 e. The SMILES string of the molecule is NCCCC12CC3CC(C1)CC(C1CCCC1)(C3)C2. The van der Waals surface area contributed by atoms with Gasteiger partial charge in [-0.2, -0.15) is 0 Å². The highest BCUT2D eigenvalue weighted by atomic mass is 14.6. The fourth-order valence-electron chi connectivity index (χ4n) is 7.31. The van der Waals surface area contributed by atoms with Gasteiger partial charge in [0.15, 0.2) is 0 Å². The van der Waals surface area contributed by atoms with E-state index in [1.165, 1.54) is 25.7 Å². The van der Waals surface area contributed by atoms with Crippen LogP contribution in [0.5, 0.6) is 0 Å². The van der Waals surface area contributed by atoms with Crippen LogP contribution in [0.2, 0.25) is 0 Å². The van der Waals surface area contributed by atoms with E-state index in [1.54, 1.807) is 51.4 Å². The molecule has 0 spiro atoms. The minimum Gasteiger partial charge on any atom is -0.330 e. The van der Waals surface area contributed by atoms with Crippen LogP contribution in [0.15, 0.2) is 0 Å². The van der Waals surface area contributed by atoms with Crippen molar-refractivity contribution in [1.82, 2.24) is 0 Å². The third-order valence-corrected chi connectivity index (χ3v) is 7.36. The Balaban J connectivity index is 1.60. The summed E-state index contributed by atoms with van der Waals surface area (Å²) in [5, 5.41) is 0. The number of hydrogen-bond donors (Lipinski definition) is 1. The average molecular weight is 261 g/mol. The summed E-state index contributed by atoms with van der Waals surface area (Å²) in [6.07, 6.45) is 18.4. The molecular formula is C18H31N. The van der Waals surface area contributed by atoms with Crippen molar-refractivity contribution < 1.29 is 0 Å². The van der Waals surface area contributed by atoms with Crippen molar-refractivity contribution in [2.45, 2.75) is 77.0 Å². The molecule has 4 bridgehead atoms. The molecule has 5 aliphatic rings. The van der Waals surface area contributed by atoms with Gasteiger partial charge in [0.05, 0.1) is 0 Å². The first kappa shape index (κ1) is 12.7. The second kappa shape index (κ2) is 4.48. The minimum atomic E-state index is 0.742. The third-order valence-electron chi connectivity index (χ3n) is 7.36. The van der Waals surface area contributed by atoms with Crippen molar-refractivity contribution >= 4 is 0 Å². The van der Waals surface area contributed by atoms with Gasteiger partial charge in [-0.15, -0.1) is 0 Å². The van der Waals surface area contributed by atoms with Crippen LogP contribution in [0, 0.1) is 28.6 Å². The van der Waals surface area contributed by atoms with E-state index >= 15 is 0 Å². The molecule has 2 atom stereocenters. The zero-order chi connectivity index (χ0) is 12.9. The maximum Gasteiger partial charge on any atom is -0.00771 e. The van der Waals surface area contributed by atoms with Crippen molar-refractivity contribution in [1.29, 1.82) is 0 Å². The van der Waals surface area contributed by atoms with Crippen LogP contribution in [0.3, 0.4) is 0 Å². The highest BCUT2D eigenvalue weighted by Crippen LogP contribution is 2.70. The Labute approximate surface area is 118 Å². The monoisotopic (exact) mass is 261 g/mol. The lowest BCUT2D eigenvalue weighted by Crippen LogP contribution is -2.54. The van der Waals surface area contributed by atoms with Gasteiger partial charge < -0.3 is 5.73 Å². The van der Waals surface area contributed by atoms with Gasteiger partial charge in [-0.3, -0.25) is 0 Å². The van der Waals surface area contributed by atoms with Crippen molar-refractivity contribution in [2.24, 2.45) is 34.3 Å². The van der Waals surface area contributed by atoms with E-state index in [0.717, 1.165) is 35.1 Å². The van der Waals surface area contributed by atoms with Crippen molar-refractivity contribution in [2.75, 3.05) is 6.54 Å². The van der Waals surface area contributed by atoms with E-state index in [9.17, 15) is 0 Å². The molecule has 0 aromatic carbocycles. The van der Waals surface area contributed by atoms with E-state index < -0.39 is 0 Å². The summed E-state index contributed by atoms with van der Waals surface area (Å²) >= 11 is 0. The number of nitrogens with two attached hydrogens (primary N) is 1. The van der Waals surface area contributed by atoms with Gasteiger partial charge >= 0.3 is 0 Å². The number of rotatable bonds is 4. The van der Waals surface area contributed by atoms with Crippen LogP contribution in [0.1, 0.15) is 77.0 Å². The normalized spacial score (nSPS) is 49.1. The second-order valence-corrected chi connectivity index (χ2v) is 8.70. The van der Waals surface area contributed by atoms with Gasteiger partial charge in [0.25, 0.3) is 0 Å². The highest BCUT2D eigenvalue weighted by molar-refractivity contribution is 5.09. The van der Waals surface area contributed by atoms with E-state index in [-0.39, 0.29) is 0 Å². The minimum absolute atomic E-state index is 0.742. The molecule has 2 unspecified atom stereocenters. The van der Waals surface area contributed by atoms with Crippen LogP contribution in [0.25, 0.3) is 0 Å². The molecule has 1 nitrogen and oxygen atoms in total. The van der Waals surface area contributed by atoms with E-state index in [2.05, 4.69) is 0 Å². The summed E-state index contributed by atoms with van der Waals surface area (Å²) in [5.74, 6) is 3.30. The van der Waals surface area contributed by atoms with Crippen LogP contribution in [-0.2, 0) is 0 Å². The molecule has 0 aromatic heterocycles. The van der Waals surface area contributed by atoms with Crippen LogP contribution in [-0.4, -0.2) is 6.54 Å². The van der Waals surface area contributed by atoms with Crippen molar-refractivity contribution in [3.8, 4) is 0 Å². The Morgan fingerprint density at radius 2 is 1.63 bits per heavy atom. The summed E-state index contributed by atoms with van der Waals surface area (Å²) in [6.45, 7) is 0.910. The smallest absolute Gasteiger partial charge is 0.00771 e. The first-order valence-corrected chi connectivity index (χ1v) is 8.94. The second-order valence-electron chi connectivity index (χ2n) is 8.70. The summed E-state index contributed by atoms with van der Waals surface area (Å²) in [4.78, 5) is 0. The average Bonchev–Trinajstić information content (AvgIpc) is 2.89. The molecule has 1 heteroatoms. The fraction of sp³-hybridized carbons (Fsp3) is 1.00. The Hall–Kier alpha value is -0.0400. The van der Waals surface area contributed by atoms with E-state index in [0.29, 0.717) is 0 Å². The summed E-state index contributed by atoms with van der Waals surface area (Å²) in [5.41, 5.74) is 7.36. The molecule has 0 heterocycles. The Morgan fingerprint density at radius 3 is 2.26 bits per heavy atom. The lowest BCUT2D eigenvalue weighted by molar-refractivity contribution is -0.138. The molecule has 5 aliphatic carbocycles. The molecule has 0 saturated heterocycles. The third kappa shape index (κ3) is 1.99.